The first-order valence-corrected chi connectivity index (χ1v) is 4.73. The van der Waals surface area contributed by atoms with Crippen molar-refractivity contribution >= 4 is 23.5 Å². The van der Waals surface area contributed by atoms with Crippen LogP contribution in [0.4, 0.5) is 0 Å². The van der Waals surface area contributed by atoms with E-state index in [1.165, 1.54) is 0 Å². The largest absolute Gasteiger partial charge is 0.481 e. The van der Waals surface area contributed by atoms with Crippen LogP contribution in [-0.4, -0.2) is 22.2 Å². The molecule has 1 rings (SSSR count). The first-order valence-electron chi connectivity index (χ1n) is 6.36. The van der Waals surface area contributed by atoms with Gasteiger partial charge >= 0.3 is 11.9 Å². The zero-order valence-electron chi connectivity index (χ0n) is 12.1. The highest BCUT2D eigenvalue weighted by molar-refractivity contribution is 6.30. The molecule has 0 aromatic heterocycles. The Kier molecular flexibility index (Phi) is 2.64. The summed E-state index contributed by atoms with van der Waals surface area (Å²) < 4.78 is 30.6. The van der Waals surface area contributed by atoms with E-state index in [-0.39, 0.29) is 10.6 Å². The SMILES string of the molecule is [2H]c1c([2H])c(C(CC(=O)O)CC(=O)O)c([2H])c([2H])c1Cl. The number of rotatable bonds is 5. The summed E-state index contributed by atoms with van der Waals surface area (Å²) in [5.41, 5.74) is -0.241. The summed E-state index contributed by atoms with van der Waals surface area (Å²) in [4.78, 5) is 21.6. The van der Waals surface area contributed by atoms with Gasteiger partial charge in [-0.05, 0) is 17.6 Å². The molecule has 0 aliphatic rings. The summed E-state index contributed by atoms with van der Waals surface area (Å²) >= 11 is 5.63. The Morgan fingerprint density at radius 1 is 1.19 bits per heavy atom. The van der Waals surface area contributed by atoms with Crippen LogP contribution in [-0.2, 0) is 9.59 Å². The van der Waals surface area contributed by atoms with Crippen molar-refractivity contribution < 1.29 is 25.3 Å². The molecule has 0 saturated heterocycles. The van der Waals surface area contributed by atoms with Gasteiger partial charge in [-0.3, -0.25) is 9.59 Å². The Hall–Kier alpha value is -1.55. The van der Waals surface area contributed by atoms with Gasteiger partial charge in [0.05, 0.1) is 18.3 Å². The number of halogens is 1. The van der Waals surface area contributed by atoms with E-state index in [9.17, 15) is 9.59 Å². The monoisotopic (exact) mass is 246 g/mol. The van der Waals surface area contributed by atoms with Gasteiger partial charge in [0, 0.05) is 10.9 Å². The minimum Gasteiger partial charge on any atom is -0.481 e. The van der Waals surface area contributed by atoms with Crippen molar-refractivity contribution in [3.63, 3.8) is 0 Å². The maximum atomic E-state index is 10.8. The van der Waals surface area contributed by atoms with Gasteiger partial charge in [-0.15, -0.1) is 0 Å². The van der Waals surface area contributed by atoms with Crippen LogP contribution >= 0.6 is 11.6 Å². The summed E-state index contributed by atoms with van der Waals surface area (Å²) in [6.07, 6.45) is -1.21. The van der Waals surface area contributed by atoms with Crippen molar-refractivity contribution in [1.29, 1.82) is 0 Å². The first kappa shape index (κ1) is 7.68. The van der Waals surface area contributed by atoms with Crippen molar-refractivity contribution in [3.05, 3.63) is 34.8 Å². The molecule has 0 aliphatic carbocycles. The quantitative estimate of drug-likeness (QED) is 0.836. The van der Waals surface area contributed by atoms with E-state index < -0.39 is 54.9 Å². The lowest BCUT2D eigenvalue weighted by atomic mass is 9.93. The van der Waals surface area contributed by atoms with E-state index in [2.05, 4.69) is 0 Å². The molecule has 0 saturated carbocycles. The van der Waals surface area contributed by atoms with Crippen LogP contribution in [0, 0.1) is 0 Å². The molecule has 0 amide bonds. The topological polar surface area (TPSA) is 74.6 Å². The third-order valence-corrected chi connectivity index (χ3v) is 2.05. The second kappa shape index (κ2) is 5.51. The molecule has 1 aromatic rings. The number of carboxylic acids is 2. The van der Waals surface area contributed by atoms with Crippen molar-refractivity contribution in [3.8, 4) is 0 Å². The van der Waals surface area contributed by atoms with Gasteiger partial charge < -0.3 is 10.2 Å². The average molecular weight is 247 g/mol. The van der Waals surface area contributed by atoms with Gasteiger partial charge in [0.25, 0.3) is 0 Å². The van der Waals surface area contributed by atoms with E-state index in [0.29, 0.717) is 0 Å². The second-order valence-corrected chi connectivity index (χ2v) is 3.50. The maximum absolute atomic E-state index is 10.8. The summed E-state index contributed by atoms with van der Waals surface area (Å²) in [6, 6.07) is -2.04. The lowest BCUT2D eigenvalue weighted by molar-refractivity contribution is -0.139. The molecule has 2 N–H and O–H groups in total. The normalized spacial score (nSPS) is 13.9. The fourth-order valence-corrected chi connectivity index (χ4v) is 1.30. The number of aliphatic carboxylic acids is 2. The van der Waals surface area contributed by atoms with Crippen LogP contribution in [0.15, 0.2) is 24.2 Å². The molecule has 0 aliphatic heterocycles. The lowest BCUT2D eigenvalue weighted by Gasteiger charge is -2.12. The molecular formula is C11H11ClO4. The molecule has 5 heteroatoms. The highest BCUT2D eigenvalue weighted by Gasteiger charge is 2.18. The zero-order chi connectivity index (χ0) is 15.6. The summed E-state index contributed by atoms with van der Waals surface area (Å²) in [7, 11) is 0. The summed E-state index contributed by atoms with van der Waals surface area (Å²) in [5.74, 6) is -3.73. The predicted molar refractivity (Wildman–Crippen MR) is 58.7 cm³/mol. The Balaban J connectivity index is 3.46. The number of hydrogen-bond acceptors (Lipinski definition) is 2. The molecule has 0 bridgehead atoms. The van der Waals surface area contributed by atoms with Crippen LogP contribution < -0.4 is 0 Å². The molecule has 0 fully saturated rings. The van der Waals surface area contributed by atoms with Crippen LogP contribution in [0.3, 0.4) is 0 Å². The number of carboxylic acid groups (broad SMARTS) is 2. The van der Waals surface area contributed by atoms with Gasteiger partial charge in [0.1, 0.15) is 0 Å². The minimum atomic E-state index is -1.29. The van der Waals surface area contributed by atoms with E-state index in [1.54, 1.807) is 0 Å². The second-order valence-electron chi connectivity index (χ2n) is 3.12. The Morgan fingerprint density at radius 3 is 2.00 bits per heavy atom. The van der Waals surface area contributed by atoms with Crippen LogP contribution in [0.1, 0.15) is 29.8 Å². The standard InChI is InChI=1S/C11H11ClO4/c12-9-3-1-7(2-4-9)8(5-10(13)14)6-11(15)16/h1-4,8H,5-6H2,(H,13,14)(H,15,16)/i1D,2D,3D,4D. The molecule has 0 unspecified atom stereocenters. The molecule has 0 radical (unpaired) electrons. The highest BCUT2D eigenvalue weighted by Crippen LogP contribution is 2.24. The third-order valence-electron chi connectivity index (χ3n) is 1.86. The predicted octanol–water partition coefficient (Wildman–Crippen LogP) is 2.37. The van der Waals surface area contributed by atoms with Gasteiger partial charge in [-0.25, -0.2) is 0 Å². The minimum absolute atomic E-state index is 0.241. The third kappa shape index (κ3) is 3.90. The summed E-state index contributed by atoms with van der Waals surface area (Å²) in [6.45, 7) is 0. The van der Waals surface area contributed by atoms with Gasteiger partial charge in [-0.2, -0.15) is 0 Å². The van der Waals surface area contributed by atoms with Crippen LogP contribution in [0.25, 0.3) is 0 Å². The van der Waals surface area contributed by atoms with Gasteiger partial charge in [0.15, 0.2) is 0 Å². The number of hydrogen-bond donors (Lipinski definition) is 2. The van der Waals surface area contributed by atoms with Crippen molar-refractivity contribution in [1.82, 2.24) is 0 Å². The fraction of sp³-hybridized carbons (Fsp3) is 0.273. The Bertz CT molecular complexity index is 531. The molecule has 1 aromatic carbocycles. The Morgan fingerprint density at radius 2 is 1.62 bits per heavy atom. The van der Waals surface area contributed by atoms with Crippen LogP contribution in [0.5, 0.6) is 0 Å². The van der Waals surface area contributed by atoms with Crippen LogP contribution in [0.2, 0.25) is 5.02 Å². The smallest absolute Gasteiger partial charge is 0.303 e. The van der Waals surface area contributed by atoms with Crippen molar-refractivity contribution in [2.24, 2.45) is 0 Å². The van der Waals surface area contributed by atoms with E-state index in [1.807, 2.05) is 0 Å². The zero-order valence-corrected chi connectivity index (χ0v) is 8.84. The van der Waals surface area contributed by atoms with E-state index >= 15 is 0 Å². The lowest BCUT2D eigenvalue weighted by Crippen LogP contribution is -2.11. The molecule has 0 atom stereocenters. The van der Waals surface area contributed by atoms with Crippen molar-refractivity contribution in [2.75, 3.05) is 0 Å². The van der Waals surface area contributed by atoms with E-state index in [4.69, 9.17) is 27.3 Å². The fourth-order valence-electron chi connectivity index (χ4n) is 1.21. The van der Waals surface area contributed by atoms with E-state index in [0.717, 1.165) is 0 Å². The molecule has 86 valence electrons. The molecule has 0 heterocycles. The van der Waals surface area contributed by atoms with Crippen molar-refractivity contribution in [2.45, 2.75) is 18.8 Å². The number of carbonyl (C=O) groups is 2. The maximum Gasteiger partial charge on any atom is 0.303 e. The highest BCUT2D eigenvalue weighted by atomic mass is 35.5. The molecule has 4 nitrogen and oxygen atoms in total. The summed E-state index contributed by atoms with van der Waals surface area (Å²) in [5, 5.41) is 17.2. The average Bonchev–Trinajstić information content (AvgIpc) is 2.32. The van der Waals surface area contributed by atoms with Gasteiger partial charge in [-0.1, -0.05) is 23.7 Å². The number of benzene rings is 1. The molecular weight excluding hydrogens is 232 g/mol. The molecule has 16 heavy (non-hydrogen) atoms. The van der Waals surface area contributed by atoms with Gasteiger partial charge in [0.2, 0.25) is 0 Å². The first-order chi connectivity index (χ1) is 9.16. The Labute approximate surface area is 103 Å². The molecule has 0 spiro atoms.